The third-order valence-corrected chi connectivity index (χ3v) is 1.68. The molecule has 1 atom stereocenters. The van der Waals surface area contributed by atoms with Gasteiger partial charge >= 0.3 is 5.97 Å². The second-order valence-electron chi connectivity index (χ2n) is 2.49. The largest absolute Gasteiger partial charge is 0.478 e. The summed E-state index contributed by atoms with van der Waals surface area (Å²) in [6.45, 7) is 0. The van der Waals surface area contributed by atoms with Crippen molar-refractivity contribution in [2.75, 3.05) is 0 Å². The molecule has 0 unspecified atom stereocenters. The Bertz CT molecular complexity index is 279. The summed E-state index contributed by atoms with van der Waals surface area (Å²) >= 11 is 0. The smallest absolute Gasteiger partial charge is 0.331 e. The van der Waals surface area contributed by atoms with E-state index >= 15 is 0 Å². The summed E-state index contributed by atoms with van der Waals surface area (Å²) in [5, 5.41) is 8.44. The first kappa shape index (κ1) is 8.86. The molecular weight excluding hydrogens is 168 g/mol. The van der Waals surface area contributed by atoms with Crippen LogP contribution < -0.4 is 5.73 Å². The number of halogens is 2. The van der Waals surface area contributed by atoms with E-state index in [0.717, 1.165) is 6.08 Å². The van der Waals surface area contributed by atoms with Crippen molar-refractivity contribution in [2.45, 2.75) is 12.5 Å². The van der Waals surface area contributed by atoms with Crippen LogP contribution in [0.4, 0.5) is 8.78 Å². The number of nitrogens with two attached hydrogens (primary N) is 1. The standard InChI is InChI=1S/C7H7F2NO2/c8-6(9)4-1-3(7(11)12)2-5(4)10/h2,5H,1,10H2,(H,11,12)/t5-/m0/s1. The molecule has 0 aromatic carbocycles. The average Bonchev–Trinajstić information content (AvgIpc) is 2.30. The van der Waals surface area contributed by atoms with Crippen molar-refractivity contribution < 1.29 is 18.7 Å². The summed E-state index contributed by atoms with van der Waals surface area (Å²) < 4.78 is 24.0. The number of carboxylic acid groups (broad SMARTS) is 1. The highest BCUT2D eigenvalue weighted by atomic mass is 19.3. The van der Waals surface area contributed by atoms with Crippen LogP contribution in [0.25, 0.3) is 0 Å². The van der Waals surface area contributed by atoms with Gasteiger partial charge in [-0.3, -0.25) is 0 Å². The lowest BCUT2D eigenvalue weighted by Crippen LogP contribution is -2.16. The Morgan fingerprint density at radius 1 is 1.67 bits per heavy atom. The predicted molar refractivity (Wildman–Crippen MR) is 37.6 cm³/mol. The fraction of sp³-hybridized carbons (Fsp3) is 0.286. The molecule has 12 heavy (non-hydrogen) atoms. The molecule has 0 bridgehead atoms. The summed E-state index contributed by atoms with van der Waals surface area (Å²) in [5.74, 6) is -1.19. The molecule has 66 valence electrons. The molecule has 1 rings (SSSR count). The van der Waals surface area contributed by atoms with Crippen molar-refractivity contribution in [3.8, 4) is 0 Å². The number of aliphatic carboxylic acids is 1. The van der Waals surface area contributed by atoms with E-state index in [1.165, 1.54) is 0 Å². The SMILES string of the molecule is N[C@H]1C=C(C(=O)O)CC1=C(F)F. The van der Waals surface area contributed by atoms with Crippen molar-refractivity contribution in [1.29, 1.82) is 0 Å². The van der Waals surface area contributed by atoms with Crippen molar-refractivity contribution in [3.05, 3.63) is 23.3 Å². The quantitative estimate of drug-likeness (QED) is 0.621. The molecule has 0 fully saturated rings. The first-order valence-electron chi connectivity index (χ1n) is 3.26. The minimum Gasteiger partial charge on any atom is -0.478 e. The minimum atomic E-state index is -1.88. The zero-order chi connectivity index (χ0) is 9.30. The van der Waals surface area contributed by atoms with Gasteiger partial charge in [0.05, 0.1) is 6.04 Å². The van der Waals surface area contributed by atoms with Gasteiger partial charge in [-0.2, -0.15) is 8.78 Å². The number of hydrogen-bond acceptors (Lipinski definition) is 2. The first-order valence-corrected chi connectivity index (χ1v) is 3.26. The monoisotopic (exact) mass is 175 g/mol. The van der Waals surface area contributed by atoms with Gasteiger partial charge in [0.15, 0.2) is 0 Å². The van der Waals surface area contributed by atoms with Gasteiger partial charge in [-0.1, -0.05) is 6.08 Å². The van der Waals surface area contributed by atoms with E-state index in [2.05, 4.69) is 0 Å². The van der Waals surface area contributed by atoms with Gasteiger partial charge in [0.1, 0.15) is 0 Å². The van der Waals surface area contributed by atoms with Crippen LogP contribution in [0.1, 0.15) is 6.42 Å². The molecule has 1 aliphatic rings. The molecule has 3 nitrogen and oxygen atoms in total. The van der Waals surface area contributed by atoms with Crippen LogP contribution in [0.5, 0.6) is 0 Å². The van der Waals surface area contributed by atoms with Gasteiger partial charge in [-0.05, 0) is 0 Å². The average molecular weight is 175 g/mol. The number of hydrogen-bond donors (Lipinski definition) is 2. The molecule has 0 radical (unpaired) electrons. The summed E-state index contributed by atoms with van der Waals surface area (Å²) in [6.07, 6.45) is -0.995. The van der Waals surface area contributed by atoms with E-state index in [1.807, 2.05) is 0 Å². The van der Waals surface area contributed by atoms with Gasteiger partial charge < -0.3 is 10.8 Å². The second kappa shape index (κ2) is 3.02. The van der Waals surface area contributed by atoms with Crippen LogP contribution in [0, 0.1) is 0 Å². The van der Waals surface area contributed by atoms with Gasteiger partial charge in [-0.15, -0.1) is 0 Å². The van der Waals surface area contributed by atoms with E-state index in [4.69, 9.17) is 10.8 Å². The lowest BCUT2D eigenvalue weighted by molar-refractivity contribution is -0.132. The maximum absolute atomic E-state index is 12.0. The number of rotatable bonds is 1. The maximum Gasteiger partial charge on any atom is 0.331 e. The van der Waals surface area contributed by atoms with Crippen LogP contribution in [0.2, 0.25) is 0 Å². The van der Waals surface area contributed by atoms with E-state index in [9.17, 15) is 13.6 Å². The third kappa shape index (κ3) is 1.50. The molecule has 3 N–H and O–H groups in total. The lowest BCUT2D eigenvalue weighted by atomic mass is 10.1. The molecule has 0 aromatic heterocycles. The molecule has 0 aromatic rings. The molecule has 0 aliphatic heterocycles. The Morgan fingerprint density at radius 3 is 2.50 bits per heavy atom. The number of carboxylic acids is 1. The van der Waals surface area contributed by atoms with E-state index in [0.29, 0.717) is 0 Å². The fourth-order valence-electron chi connectivity index (χ4n) is 1.04. The van der Waals surface area contributed by atoms with Crippen molar-refractivity contribution in [1.82, 2.24) is 0 Å². The zero-order valence-electron chi connectivity index (χ0n) is 6.05. The third-order valence-electron chi connectivity index (χ3n) is 1.68. The molecule has 0 spiro atoms. The van der Waals surface area contributed by atoms with Crippen molar-refractivity contribution in [3.63, 3.8) is 0 Å². The summed E-state index contributed by atoms with van der Waals surface area (Å²) in [5.41, 5.74) is 4.87. The highest BCUT2D eigenvalue weighted by Crippen LogP contribution is 2.27. The summed E-state index contributed by atoms with van der Waals surface area (Å²) in [4.78, 5) is 10.3. The number of carbonyl (C=O) groups is 1. The molecular formula is C7H7F2NO2. The highest BCUT2D eigenvalue weighted by Gasteiger charge is 2.25. The van der Waals surface area contributed by atoms with Gasteiger partial charge in [0, 0.05) is 17.6 Å². The van der Waals surface area contributed by atoms with Crippen LogP contribution >= 0.6 is 0 Å². The molecule has 0 saturated carbocycles. The molecule has 0 amide bonds. The van der Waals surface area contributed by atoms with Crippen LogP contribution in [0.3, 0.4) is 0 Å². The van der Waals surface area contributed by atoms with E-state index in [1.54, 1.807) is 0 Å². The molecule has 0 heterocycles. The lowest BCUT2D eigenvalue weighted by Gasteiger charge is -2.00. The Balaban J connectivity index is 2.88. The van der Waals surface area contributed by atoms with Gasteiger partial charge in [0.2, 0.25) is 0 Å². The van der Waals surface area contributed by atoms with Crippen molar-refractivity contribution >= 4 is 5.97 Å². The molecule has 1 aliphatic carbocycles. The predicted octanol–water partition coefficient (Wildman–Crippen LogP) is 0.879. The van der Waals surface area contributed by atoms with Crippen LogP contribution in [-0.2, 0) is 4.79 Å². The van der Waals surface area contributed by atoms with E-state index in [-0.39, 0.29) is 17.6 Å². The van der Waals surface area contributed by atoms with Crippen LogP contribution in [-0.4, -0.2) is 17.1 Å². The van der Waals surface area contributed by atoms with Gasteiger partial charge in [0.25, 0.3) is 6.08 Å². The zero-order valence-corrected chi connectivity index (χ0v) is 6.05. The topological polar surface area (TPSA) is 63.3 Å². The Labute approximate surface area is 67.2 Å². The molecule has 5 heteroatoms. The second-order valence-corrected chi connectivity index (χ2v) is 2.49. The summed E-state index contributed by atoms with van der Waals surface area (Å²) in [6, 6.07) is -0.943. The van der Waals surface area contributed by atoms with Crippen LogP contribution in [0.15, 0.2) is 23.3 Å². The Morgan fingerprint density at radius 2 is 2.25 bits per heavy atom. The van der Waals surface area contributed by atoms with Crippen molar-refractivity contribution in [2.24, 2.45) is 5.73 Å². The maximum atomic E-state index is 12.0. The highest BCUT2D eigenvalue weighted by molar-refractivity contribution is 5.88. The first-order chi connectivity index (χ1) is 5.52. The van der Waals surface area contributed by atoms with E-state index < -0.39 is 18.1 Å². The normalized spacial score (nSPS) is 22.4. The Kier molecular flexibility index (Phi) is 2.23. The fourth-order valence-corrected chi connectivity index (χ4v) is 1.04. The molecule has 0 saturated heterocycles. The Hall–Kier alpha value is -1.23. The van der Waals surface area contributed by atoms with Gasteiger partial charge in [-0.25, -0.2) is 4.79 Å². The summed E-state index contributed by atoms with van der Waals surface area (Å²) in [7, 11) is 0. The minimum absolute atomic E-state index is 0.0645.